The van der Waals surface area contributed by atoms with Crippen molar-refractivity contribution in [3.8, 4) is 0 Å². The van der Waals surface area contributed by atoms with Gasteiger partial charge in [0.05, 0.1) is 0 Å². The van der Waals surface area contributed by atoms with Crippen LogP contribution in [0.5, 0.6) is 0 Å². The Balaban J connectivity index is 2.00. The lowest BCUT2D eigenvalue weighted by molar-refractivity contribution is 0.470. The third-order valence-electron chi connectivity index (χ3n) is 3.12. The second-order valence-electron chi connectivity index (χ2n) is 4.34. The van der Waals surface area contributed by atoms with Gasteiger partial charge in [0.2, 0.25) is 0 Å². The van der Waals surface area contributed by atoms with E-state index in [1.54, 1.807) is 0 Å². The smallest absolute Gasteiger partial charge is 0.123 e. The molecule has 0 aromatic heterocycles. The molecule has 2 heteroatoms. The van der Waals surface area contributed by atoms with Crippen LogP contribution in [0, 0.1) is 11.2 Å². The van der Waals surface area contributed by atoms with E-state index in [2.05, 4.69) is 0 Å². The Hall–Kier alpha value is -0.890. The lowest BCUT2D eigenvalue weighted by atomic mass is 9.93. The zero-order chi connectivity index (χ0) is 10.0. The minimum absolute atomic E-state index is 0.155. The third kappa shape index (κ3) is 2.13. The average molecular weight is 193 g/mol. The highest BCUT2D eigenvalue weighted by molar-refractivity contribution is 5.19. The molecule has 1 aliphatic carbocycles. The second-order valence-corrected chi connectivity index (χ2v) is 4.34. The Morgan fingerprint density at radius 1 is 1.21 bits per heavy atom. The van der Waals surface area contributed by atoms with Crippen molar-refractivity contribution >= 4 is 0 Å². The zero-order valence-corrected chi connectivity index (χ0v) is 8.30. The Labute approximate surface area is 84.1 Å². The van der Waals surface area contributed by atoms with Crippen LogP contribution in [-0.2, 0) is 6.42 Å². The van der Waals surface area contributed by atoms with Crippen LogP contribution in [0.3, 0.4) is 0 Å². The second kappa shape index (κ2) is 3.70. The summed E-state index contributed by atoms with van der Waals surface area (Å²) in [7, 11) is 0. The van der Waals surface area contributed by atoms with Crippen LogP contribution < -0.4 is 5.73 Å². The van der Waals surface area contributed by atoms with Crippen molar-refractivity contribution in [2.75, 3.05) is 6.54 Å². The van der Waals surface area contributed by atoms with Crippen molar-refractivity contribution in [3.63, 3.8) is 0 Å². The SMILES string of the molecule is NCCC1(Cc2ccc(F)cc2)CC1. The molecule has 1 aromatic rings. The molecule has 1 aromatic carbocycles. The van der Waals surface area contributed by atoms with E-state index >= 15 is 0 Å². The molecule has 14 heavy (non-hydrogen) atoms. The molecule has 0 heterocycles. The van der Waals surface area contributed by atoms with Gasteiger partial charge in [0.1, 0.15) is 5.82 Å². The molecule has 0 unspecified atom stereocenters. The summed E-state index contributed by atoms with van der Waals surface area (Å²) >= 11 is 0. The van der Waals surface area contributed by atoms with Gasteiger partial charge in [0, 0.05) is 0 Å². The molecule has 0 spiro atoms. The summed E-state index contributed by atoms with van der Waals surface area (Å²) in [4.78, 5) is 0. The molecule has 1 aliphatic rings. The number of rotatable bonds is 4. The van der Waals surface area contributed by atoms with E-state index < -0.39 is 0 Å². The van der Waals surface area contributed by atoms with Crippen LogP contribution in [-0.4, -0.2) is 6.54 Å². The molecule has 0 amide bonds. The highest BCUT2D eigenvalue weighted by Crippen LogP contribution is 2.50. The van der Waals surface area contributed by atoms with Crippen LogP contribution in [0.4, 0.5) is 4.39 Å². The molecule has 0 aliphatic heterocycles. The van der Waals surface area contributed by atoms with E-state index in [9.17, 15) is 4.39 Å². The minimum Gasteiger partial charge on any atom is -0.330 e. The Morgan fingerprint density at radius 2 is 1.86 bits per heavy atom. The molecule has 1 nitrogen and oxygen atoms in total. The van der Waals surface area contributed by atoms with Gasteiger partial charge in [-0.3, -0.25) is 0 Å². The van der Waals surface area contributed by atoms with Gasteiger partial charge in [0.25, 0.3) is 0 Å². The fraction of sp³-hybridized carbons (Fsp3) is 0.500. The summed E-state index contributed by atoms with van der Waals surface area (Å²) in [5.74, 6) is -0.155. The van der Waals surface area contributed by atoms with Crippen LogP contribution in [0.1, 0.15) is 24.8 Å². The van der Waals surface area contributed by atoms with Crippen LogP contribution in [0.2, 0.25) is 0 Å². The maximum absolute atomic E-state index is 12.7. The summed E-state index contributed by atoms with van der Waals surface area (Å²) in [6.07, 6.45) is 4.72. The van der Waals surface area contributed by atoms with Gasteiger partial charge in [0.15, 0.2) is 0 Å². The predicted octanol–water partition coefficient (Wildman–Crippen LogP) is 2.50. The lowest BCUT2D eigenvalue weighted by Crippen LogP contribution is -2.12. The summed E-state index contributed by atoms with van der Waals surface area (Å²) in [5, 5.41) is 0. The van der Waals surface area contributed by atoms with Gasteiger partial charge in [-0.15, -0.1) is 0 Å². The first-order chi connectivity index (χ1) is 6.74. The molecule has 0 bridgehead atoms. The van der Waals surface area contributed by atoms with Crippen LogP contribution in [0.25, 0.3) is 0 Å². The summed E-state index contributed by atoms with van der Waals surface area (Å²) in [5.41, 5.74) is 7.26. The van der Waals surface area contributed by atoms with Gasteiger partial charge >= 0.3 is 0 Å². The van der Waals surface area contributed by atoms with Crippen molar-refractivity contribution in [3.05, 3.63) is 35.6 Å². The van der Waals surface area contributed by atoms with E-state index in [-0.39, 0.29) is 5.82 Å². The van der Waals surface area contributed by atoms with Crippen LogP contribution in [0.15, 0.2) is 24.3 Å². The number of nitrogens with two attached hydrogens (primary N) is 1. The summed E-state index contributed by atoms with van der Waals surface area (Å²) in [6.45, 7) is 0.765. The van der Waals surface area contributed by atoms with E-state index in [1.165, 1.54) is 30.5 Å². The summed E-state index contributed by atoms with van der Waals surface area (Å²) in [6, 6.07) is 6.83. The van der Waals surface area contributed by atoms with Gasteiger partial charge < -0.3 is 5.73 Å². The van der Waals surface area contributed by atoms with E-state index in [0.717, 1.165) is 19.4 Å². The fourth-order valence-electron chi connectivity index (χ4n) is 2.03. The number of hydrogen-bond donors (Lipinski definition) is 1. The first kappa shape index (κ1) is 9.66. The maximum atomic E-state index is 12.7. The third-order valence-corrected chi connectivity index (χ3v) is 3.12. The molecule has 2 rings (SSSR count). The standard InChI is InChI=1S/C12H16FN/c13-11-3-1-10(2-4-11)9-12(5-6-12)7-8-14/h1-4H,5-9,14H2. The fourth-order valence-corrected chi connectivity index (χ4v) is 2.03. The maximum Gasteiger partial charge on any atom is 0.123 e. The minimum atomic E-state index is -0.155. The van der Waals surface area contributed by atoms with E-state index in [1.807, 2.05) is 12.1 Å². The molecule has 0 atom stereocenters. The van der Waals surface area contributed by atoms with E-state index in [0.29, 0.717) is 5.41 Å². The van der Waals surface area contributed by atoms with Crippen molar-refractivity contribution < 1.29 is 4.39 Å². The summed E-state index contributed by atoms with van der Waals surface area (Å²) < 4.78 is 12.7. The highest BCUT2D eigenvalue weighted by Gasteiger charge is 2.41. The van der Waals surface area contributed by atoms with Crippen molar-refractivity contribution in [2.24, 2.45) is 11.1 Å². The molecule has 1 saturated carbocycles. The largest absolute Gasteiger partial charge is 0.330 e. The first-order valence-corrected chi connectivity index (χ1v) is 5.19. The highest BCUT2D eigenvalue weighted by atomic mass is 19.1. The van der Waals surface area contributed by atoms with Crippen molar-refractivity contribution in [1.29, 1.82) is 0 Å². The molecule has 1 fully saturated rings. The molecule has 2 N–H and O–H groups in total. The Kier molecular flexibility index (Phi) is 2.55. The average Bonchev–Trinajstić information content (AvgIpc) is 2.90. The lowest BCUT2D eigenvalue weighted by Gasteiger charge is -2.13. The molecular weight excluding hydrogens is 177 g/mol. The molecule has 0 radical (unpaired) electrons. The number of halogens is 1. The zero-order valence-electron chi connectivity index (χ0n) is 8.30. The topological polar surface area (TPSA) is 26.0 Å². The molecule has 0 saturated heterocycles. The van der Waals surface area contributed by atoms with Gasteiger partial charge in [-0.2, -0.15) is 0 Å². The first-order valence-electron chi connectivity index (χ1n) is 5.19. The number of benzene rings is 1. The van der Waals surface area contributed by atoms with E-state index in [4.69, 9.17) is 5.73 Å². The Bertz CT molecular complexity index is 301. The van der Waals surface area contributed by atoms with Crippen molar-refractivity contribution in [2.45, 2.75) is 25.7 Å². The van der Waals surface area contributed by atoms with Crippen LogP contribution >= 0.6 is 0 Å². The quantitative estimate of drug-likeness (QED) is 0.781. The predicted molar refractivity (Wildman–Crippen MR) is 55.4 cm³/mol. The molecule has 76 valence electrons. The van der Waals surface area contributed by atoms with Gasteiger partial charge in [-0.05, 0) is 55.3 Å². The monoisotopic (exact) mass is 193 g/mol. The van der Waals surface area contributed by atoms with Crippen molar-refractivity contribution in [1.82, 2.24) is 0 Å². The Morgan fingerprint density at radius 3 is 2.36 bits per heavy atom. The normalized spacial score (nSPS) is 18.1. The molecular formula is C12H16FN. The number of hydrogen-bond acceptors (Lipinski definition) is 1. The van der Waals surface area contributed by atoms with Gasteiger partial charge in [-0.1, -0.05) is 12.1 Å². The van der Waals surface area contributed by atoms with Gasteiger partial charge in [-0.25, -0.2) is 4.39 Å².